The van der Waals surface area contributed by atoms with Gasteiger partial charge >= 0.3 is 0 Å². The Morgan fingerprint density at radius 1 is 1.00 bits per heavy atom. The van der Waals surface area contributed by atoms with Gasteiger partial charge in [-0.2, -0.15) is 5.10 Å². The van der Waals surface area contributed by atoms with Crippen LogP contribution >= 0.6 is 0 Å². The average molecular weight is 278 g/mol. The van der Waals surface area contributed by atoms with Crippen LogP contribution in [-0.4, -0.2) is 16.9 Å². The Labute approximate surface area is 124 Å². The fourth-order valence-electron chi connectivity index (χ4n) is 2.68. The minimum Gasteiger partial charge on any atom is -0.496 e. The van der Waals surface area contributed by atoms with Crippen LogP contribution in [0.15, 0.2) is 54.7 Å². The lowest BCUT2D eigenvalue weighted by Gasteiger charge is -2.14. The normalized spacial score (nSPS) is 10.6. The SMILES string of the molecule is COc1cccc(C)c1-c1c(-c2ccccc2)cnn1C. The van der Waals surface area contributed by atoms with Crippen molar-refractivity contribution in [1.82, 2.24) is 9.78 Å². The number of hydrogen-bond acceptors (Lipinski definition) is 2. The van der Waals surface area contributed by atoms with Crippen LogP contribution in [0, 0.1) is 6.92 Å². The second-order valence-electron chi connectivity index (χ2n) is 5.05. The standard InChI is InChI=1S/C18H18N2O/c1-13-8-7-11-16(21-3)17(13)18-15(12-19-20(18)2)14-9-5-4-6-10-14/h4-12H,1-3H3. The summed E-state index contributed by atoms with van der Waals surface area (Å²) in [7, 11) is 3.67. The Morgan fingerprint density at radius 3 is 2.48 bits per heavy atom. The molecule has 0 saturated carbocycles. The number of hydrogen-bond donors (Lipinski definition) is 0. The van der Waals surface area contributed by atoms with Crippen LogP contribution in [0.25, 0.3) is 22.4 Å². The number of nitrogens with zero attached hydrogens (tertiary/aromatic N) is 2. The van der Waals surface area contributed by atoms with Gasteiger partial charge in [-0.15, -0.1) is 0 Å². The molecule has 0 aliphatic rings. The van der Waals surface area contributed by atoms with Gasteiger partial charge in [0.25, 0.3) is 0 Å². The molecule has 106 valence electrons. The summed E-state index contributed by atoms with van der Waals surface area (Å²) in [4.78, 5) is 0. The predicted molar refractivity (Wildman–Crippen MR) is 85.4 cm³/mol. The molecule has 2 aromatic carbocycles. The van der Waals surface area contributed by atoms with E-state index in [9.17, 15) is 0 Å². The molecule has 1 aromatic heterocycles. The third-order valence-corrected chi connectivity index (χ3v) is 3.71. The van der Waals surface area contributed by atoms with E-state index in [2.05, 4.69) is 30.2 Å². The molecule has 0 amide bonds. The molecule has 0 unspecified atom stereocenters. The first-order chi connectivity index (χ1) is 10.2. The van der Waals surface area contributed by atoms with Gasteiger partial charge in [0.05, 0.1) is 19.0 Å². The molecule has 3 heteroatoms. The lowest BCUT2D eigenvalue weighted by Crippen LogP contribution is -1.99. The fraction of sp³-hybridized carbons (Fsp3) is 0.167. The molecule has 0 saturated heterocycles. The van der Waals surface area contributed by atoms with E-state index in [-0.39, 0.29) is 0 Å². The van der Waals surface area contributed by atoms with Gasteiger partial charge in [-0.3, -0.25) is 4.68 Å². The van der Waals surface area contributed by atoms with Gasteiger partial charge in [0, 0.05) is 18.2 Å². The highest BCUT2D eigenvalue weighted by atomic mass is 16.5. The number of rotatable bonds is 3. The first-order valence-electron chi connectivity index (χ1n) is 6.93. The Hall–Kier alpha value is -2.55. The molecule has 0 spiro atoms. The van der Waals surface area contributed by atoms with Crippen molar-refractivity contribution in [1.29, 1.82) is 0 Å². The summed E-state index contributed by atoms with van der Waals surface area (Å²) < 4.78 is 7.46. The number of aromatic nitrogens is 2. The lowest BCUT2D eigenvalue weighted by atomic mass is 9.97. The number of aryl methyl sites for hydroxylation is 2. The highest BCUT2D eigenvalue weighted by Crippen LogP contribution is 2.38. The Balaban J connectivity index is 2.28. The third-order valence-electron chi connectivity index (χ3n) is 3.71. The van der Waals surface area contributed by atoms with Gasteiger partial charge in [-0.1, -0.05) is 42.5 Å². The monoisotopic (exact) mass is 278 g/mol. The van der Waals surface area contributed by atoms with Crippen molar-refractivity contribution in [3.8, 4) is 28.1 Å². The van der Waals surface area contributed by atoms with Crippen molar-refractivity contribution in [2.75, 3.05) is 7.11 Å². The van der Waals surface area contributed by atoms with Gasteiger partial charge in [0.2, 0.25) is 0 Å². The van der Waals surface area contributed by atoms with Gasteiger partial charge in [0.15, 0.2) is 0 Å². The van der Waals surface area contributed by atoms with Gasteiger partial charge in [-0.05, 0) is 24.1 Å². The molecule has 3 nitrogen and oxygen atoms in total. The van der Waals surface area contributed by atoms with E-state index >= 15 is 0 Å². The summed E-state index contributed by atoms with van der Waals surface area (Å²) in [5.74, 6) is 0.871. The smallest absolute Gasteiger partial charge is 0.128 e. The molecule has 0 aliphatic carbocycles. The Kier molecular flexibility index (Phi) is 3.48. The molecular formula is C18H18N2O. The maximum Gasteiger partial charge on any atom is 0.128 e. The first-order valence-corrected chi connectivity index (χ1v) is 6.93. The van der Waals surface area contributed by atoms with Gasteiger partial charge in [0.1, 0.15) is 5.75 Å². The fourth-order valence-corrected chi connectivity index (χ4v) is 2.68. The second kappa shape index (κ2) is 5.44. The third kappa shape index (κ3) is 2.31. The Bertz CT molecular complexity index is 760. The van der Waals surface area contributed by atoms with Crippen LogP contribution < -0.4 is 4.74 Å². The molecule has 0 radical (unpaired) electrons. The zero-order valence-corrected chi connectivity index (χ0v) is 12.5. The van der Waals surface area contributed by atoms with Crippen molar-refractivity contribution in [2.24, 2.45) is 7.05 Å². The highest BCUT2D eigenvalue weighted by Gasteiger charge is 2.18. The van der Waals surface area contributed by atoms with Crippen LogP contribution in [0.2, 0.25) is 0 Å². The maximum absolute atomic E-state index is 5.55. The zero-order valence-electron chi connectivity index (χ0n) is 12.5. The van der Waals surface area contributed by atoms with E-state index in [1.165, 1.54) is 5.56 Å². The van der Waals surface area contributed by atoms with E-state index in [0.717, 1.165) is 28.1 Å². The molecule has 1 heterocycles. The Morgan fingerprint density at radius 2 is 1.76 bits per heavy atom. The van der Waals surface area contributed by atoms with Crippen molar-refractivity contribution < 1.29 is 4.74 Å². The molecule has 3 aromatic rings. The van der Waals surface area contributed by atoms with E-state index in [1.54, 1.807) is 7.11 Å². The van der Waals surface area contributed by atoms with E-state index < -0.39 is 0 Å². The molecular weight excluding hydrogens is 260 g/mol. The number of ether oxygens (including phenoxy) is 1. The zero-order chi connectivity index (χ0) is 14.8. The van der Waals surface area contributed by atoms with E-state index in [1.807, 2.05) is 48.3 Å². The lowest BCUT2D eigenvalue weighted by molar-refractivity contribution is 0.416. The highest BCUT2D eigenvalue weighted by molar-refractivity contribution is 5.85. The van der Waals surface area contributed by atoms with Crippen molar-refractivity contribution in [2.45, 2.75) is 6.92 Å². The number of benzene rings is 2. The summed E-state index contributed by atoms with van der Waals surface area (Å²) in [5.41, 5.74) is 5.63. The van der Waals surface area contributed by atoms with E-state index in [0.29, 0.717) is 0 Å². The van der Waals surface area contributed by atoms with E-state index in [4.69, 9.17) is 4.74 Å². The van der Waals surface area contributed by atoms with Crippen LogP contribution in [0.5, 0.6) is 5.75 Å². The largest absolute Gasteiger partial charge is 0.496 e. The second-order valence-corrected chi connectivity index (χ2v) is 5.05. The molecule has 0 atom stereocenters. The summed E-state index contributed by atoms with van der Waals surface area (Å²) >= 11 is 0. The van der Waals surface area contributed by atoms with Crippen LogP contribution in [0.4, 0.5) is 0 Å². The van der Waals surface area contributed by atoms with Crippen LogP contribution in [0.3, 0.4) is 0 Å². The molecule has 21 heavy (non-hydrogen) atoms. The minimum absolute atomic E-state index is 0.871. The predicted octanol–water partition coefficient (Wildman–Crippen LogP) is 4.07. The summed E-state index contributed by atoms with van der Waals surface area (Å²) in [6.45, 7) is 2.10. The first kappa shape index (κ1) is 13.4. The number of methoxy groups -OCH3 is 1. The minimum atomic E-state index is 0.871. The topological polar surface area (TPSA) is 27.1 Å². The quantitative estimate of drug-likeness (QED) is 0.722. The summed E-state index contributed by atoms with van der Waals surface area (Å²) in [6, 6.07) is 16.4. The maximum atomic E-state index is 5.55. The summed E-state index contributed by atoms with van der Waals surface area (Å²) in [6.07, 6.45) is 1.91. The van der Waals surface area contributed by atoms with Gasteiger partial charge < -0.3 is 4.74 Å². The molecule has 0 aliphatic heterocycles. The summed E-state index contributed by atoms with van der Waals surface area (Å²) in [5, 5.41) is 4.45. The van der Waals surface area contributed by atoms with Crippen molar-refractivity contribution >= 4 is 0 Å². The molecule has 3 rings (SSSR count). The van der Waals surface area contributed by atoms with Crippen LogP contribution in [0.1, 0.15) is 5.56 Å². The molecule has 0 N–H and O–H groups in total. The molecule has 0 fully saturated rings. The van der Waals surface area contributed by atoms with Crippen molar-refractivity contribution in [3.63, 3.8) is 0 Å². The van der Waals surface area contributed by atoms with Gasteiger partial charge in [-0.25, -0.2) is 0 Å². The van der Waals surface area contributed by atoms with Crippen molar-refractivity contribution in [3.05, 3.63) is 60.3 Å². The molecule has 0 bridgehead atoms. The average Bonchev–Trinajstić information content (AvgIpc) is 2.89. The van der Waals surface area contributed by atoms with Crippen LogP contribution in [-0.2, 0) is 7.05 Å².